The summed E-state index contributed by atoms with van der Waals surface area (Å²) in [6.45, 7) is 12.9. The molecule has 2 amide bonds. The minimum atomic E-state index is -4.20. The number of aliphatic hydroxyl groups is 2. The fourth-order valence-corrected chi connectivity index (χ4v) is 9.73. The number of carbonyl (C=O) groups excluding carboxylic acids is 2. The molecule has 4 aromatic carbocycles. The monoisotopic (exact) mass is 1050 g/mol. The number of ether oxygens (including phenoxy) is 6. The molecular weight excluding hydrogens is 973 g/mol. The molecule has 2 heterocycles. The molecule has 2 fully saturated rings. The molecule has 2 aliphatic carbocycles. The van der Waals surface area contributed by atoms with Gasteiger partial charge in [-0.1, -0.05) is 96.9 Å². The normalized spacial score (nSPS) is 17.0. The molecule has 74 heavy (non-hydrogen) atoms. The van der Waals surface area contributed by atoms with Gasteiger partial charge in [0.05, 0.1) is 47.9 Å². The Morgan fingerprint density at radius 3 is 1.61 bits per heavy atom. The largest absolute Gasteiger partial charge is 0.454 e. The zero-order valence-corrected chi connectivity index (χ0v) is 44.6. The Kier molecular flexibility index (Phi) is 21.2. The lowest BCUT2D eigenvalue weighted by Crippen LogP contribution is -2.51. The lowest BCUT2D eigenvalue weighted by Gasteiger charge is -2.31. The van der Waals surface area contributed by atoms with Gasteiger partial charge in [0.25, 0.3) is 10.0 Å². The van der Waals surface area contributed by atoms with Crippen molar-refractivity contribution >= 4 is 22.2 Å². The average Bonchev–Trinajstić information content (AvgIpc) is 4.20. The van der Waals surface area contributed by atoms with Crippen LogP contribution in [0.2, 0.25) is 0 Å². The van der Waals surface area contributed by atoms with Crippen molar-refractivity contribution in [2.45, 2.75) is 165 Å². The van der Waals surface area contributed by atoms with E-state index < -0.39 is 64.2 Å². The highest BCUT2D eigenvalue weighted by atomic mass is 32.2. The summed E-state index contributed by atoms with van der Waals surface area (Å²) in [4.78, 5) is 36.3. The molecule has 0 aromatic heterocycles. The summed E-state index contributed by atoms with van der Waals surface area (Å²) in [5.74, 6) is 2.49. The summed E-state index contributed by atoms with van der Waals surface area (Å²) in [5, 5.41) is 27.4. The second kappa shape index (κ2) is 27.2. The van der Waals surface area contributed by atoms with E-state index >= 15 is 0 Å². The predicted octanol–water partition coefficient (Wildman–Crippen LogP) is 8.45. The van der Waals surface area contributed by atoms with Crippen LogP contribution in [-0.2, 0) is 42.0 Å². The highest BCUT2D eigenvalue weighted by Gasteiger charge is 2.36. The number of aryl methyl sites for hydroxylation is 1. The van der Waals surface area contributed by atoms with E-state index in [-0.39, 0.29) is 36.9 Å². The van der Waals surface area contributed by atoms with Crippen LogP contribution < -0.4 is 35.1 Å². The smallest absolute Gasteiger partial charge is 0.407 e. The zero-order valence-electron chi connectivity index (χ0n) is 43.8. The Balaban J connectivity index is 0.000000211. The molecule has 0 saturated heterocycles. The van der Waals surface area contributed by atoms with Crippen molar-refractivity contribution in [3.05, 3.63) is 114 Å². The van der Waals surface area contributed by atoms with Crippen LogP contribution in [0.25, 0.3) is 0 Å². The van der Waals surface area contributed by atoms with Gasteiger partial charge in [-0.25, -0.2) is 18.0 Å². The van der Waals surface area contributed by atoms with Crippen LogP contribution in [0.3, 0.4) is 0 Å². The van der Waals surface area contributed by atoms with Gasteiger partial charge in [0, 0.05) is 12.6 Å². The molecule has 4 aliphatic rings. The molecule has 4 atom stereocenters. The maximum atomic E-state index is 13.7. The van der Waals surface area contributed by atoms with Crippen LogP contribution in [0, 0.1) is 6.92 Å². The number of nitrogens with one attached hydrogen (secondary N) is 3. The molecule has 0 bridgehead atoms. The minimum Gasteiger partial charge on any atom is -0.454 e. The van der Waals surface area contributed by atoms with Crippen LogP contribution in [0.5, 0.6) is 23.0 Å². The van der Waals surface area contributed by atoms with E-state index in [2.05, 4.69) is 16.1 Å². The Morgan fingerprint density at radius 2 is 1.09 bits per heavy atom. The molecule has 2 saturated carbocycles. The molecule has 19 heteroatoms. The molecular formula is C55H76N4O14S. The van der Waals surface area contributed by atoms with Crippen molar-refractivity contribution < 1.29 is 66.3 Å². The van der Waals surface area contributed by atoms with Crippen LogP contribution >= 0.6 is 0 Å². The third-order valence-corrected chi connectivity index (χ3v) is 13.7. The summed E-state index contributed by atoms with van der Waals surface area (Å²) >= 11 is 0. The number of amides is 2. The third kappa shape index (κ3) is 18.9. The van der Waals surface area contributed by atoms with E-state index in [1.807, 2.05) is 107 Å². The predicted molar refractivity (Wildman–Crippen MR) is 277 cm³/mol. The van der Waals surface area contributed by atoms with Crippen LogP contribution in [0.1, 0.15) is 110 Å². The van der Waals surface area contributed by atoms with Gasteiger partial charge in [-0.05, 0) is 128 Å². The Hall–Kier alpha value is -5.67. The maximum Gasteiger partial charge on any atom is 0.407 e. The van der Waals surface area contributed by atoms with Crippen molar-refractivity contribution in [2.75, 3.05) is 26.7 Å². The SMILES string of the molecule is CC(C)(C)OC(=O)N[C@@H](Cc1ccccc1)[C@H](O)CN(OC1CCCC1)S(=O)(=O)c1ccc2c(c1)OCO2.CC(C)(C)OC(=O)N[C@@H](Cc1ccccc1)[C@H](O)CNOC1CCCC1.Cc1ccc2c(c1)OCO2. The van der Waals surface area contributed by atoms with Gasteiger partial charge in [-0.3, -0.25) is 9.68 Å². The molecule has 0 spiro atoms. The first-order chi connectivity index (χ1) is 35.2. The number of carbonyl (C=O) groups is 2. The van der Waals surface area contributed by atoms with E-state index in [9.17, 15) is 28.2 Å². The van der Waals surface area contributed by atoms with Gasteiger partial charge in [0.15, 0.2) is 23.0 Å². The first kappa shape index (κ1) is 57.6. The van der Waals surface area contributed by atoms with E-state index in [1.54, 1.807) is 20.8 Å². The van der Waals surface area contributed by atoms with Gasteiger partial charge in [0.2, 0.25) is 13.6 Å². The molecule has 18 nitrogen and oxygen atoms in total. The highest BCUT2D eigenvalue weighted by Crippen LogP contribution is 2.36. The molecule has 4 aromatic rings. The first-order valence-electron chi connectivity index (χ1n) is 25.5. The number of rotatable bonds is 18. The maximum absolute atomic E-state index is 13.7. The average molecular weight is 1050 g/mol. The number of fused-ring (bicyclic) bond motifs is 2. The van der Waals surface area contributed by atoms with Crippen molar-refractivity contribution in [2.24, 2.45) is 0 Å². The Bertz CT molecular complexity index is 2480. The first-order valence-corrected chi connectivity index (χ1v) is 26.9. The van der Waals surface area contributed by atoms with Gasteiger partial charge < -0.3 is 49.3 Å². The van der Waals surface area contributed by atoms with Crippen molar-refractivity contribution in [1.82, 2.24) is 20.6 Å². The van der Waals surface area contributed by atoms with Gasteiger partial charge >= 0.3 is 12.2 Å². The van der Waals surface area contributed by atoms with E-state index in [0.29, 0.717) is 37.6 Å². The second-order valence-electron chi connectivity index (χ2n) is 20.8. The number of alkyl carbamates (subject to hydrolysis) is 2. The summed E-state index contributed by atoms with van der Waals surface area (Å²) < 4.78 is 60.0. The Labute approximate surface area is 436 Å². The summed E-state index contributed by atoms with van der Waals surface area (Å²) in [5.41, 5.74) is 4.63. The summed E-state index contributed by atoms with van der Waals surface area (Å²) in [7, 11) is -4.20. The lowest BCUT2D eigenvalue weighted by atomic mass is 10.0. The number of hydrogen-bond donors (Lipinski definition) is 5. The van der Waals surface area contributed by atoms with Crippen molar-refractivity contribution in [3.63, 3.8) is 0 Å². The quantitative estimate of drug-likeness (QED) is 0.0590. The van der Waals surface area contributed by atoms with Crippen molar-refractivity contribution in [3.8, 4) is 23.0 Å². The van der Waals surface area contributed by atoms with Gasteiger partial charge in [-0.2, -0.15) is 5.48 Å². The summed E-state index contributed by atoms with van der Waals surface area (Å²) in [6, 6.07) is 28.0. The van der Waals surface area contributed by atoms with E-state index in [1.165, 1.54) is 36.6 Å². The fraction of sp³-hybridized carbons (Fsp3) is 0.527. The minimum absolute atomic E-state index is 0.0112. The molecule has 5 N–H and O–H groups in total. The van der Waals surface area contributed by atoms with Gasteiger partial charge in [-0.15, -0.1) is 0 Å². The van der Waals surface area contributed by atoms with Gasteiger partial charge in [0.1, 0.15) is 11.2 Å². The topological polar surface area (TPSA) is 222 Å². The third-order valence-electron chi connectivity index (χ3n) is 12.1. The highest BCUT2D eigenvalue weighted by molar-refractivity contribution is 7.89. The number of hydroxylamine groups is 2. The molecule has 406 valence electrons. The number of hydrogen-bond acceptors (Lipinski definition) is 15. The zero-order chi connectivity index (χ0) is 53.3. The van der Waals surface area contributed by atoms with Crippen LogP contribution in [0.15, 0.2) is 102 Å². The second-order valence-corrected chi connectivity index (χ2v) is 22.6. The van der Waals surface area contributed by atoms with Crippen LogP contribution in [-0.4, -0.2) is 110 Å². The molecule has 8 rings (SSSR count). The Morgan fingerprint density at radius 1 is 0.635 bits per heavy atom. The standard InChI is InChI=1S/C27H36N2O8S.C20H32N2O4.C8H8O2/c1-27(2,3)36-26(31)28-22(15-19-9-5-4-6-10-19)23(30)17-29(37-20-11-7-8-12-20)38(32,33)21-13-14-24-25(16-21)35-18-34-24;1-20(2,3)25-19(24)22-17(13-15-9-5-4-6-10-15)18(23)14-21-26-16-11-7-8-12-16;1-6-2-3-7-8(4-6)10-5-9-7/h4-6,9-10,13-14,16,20,22-23,30H,7-8,11-12,15,17-18H2,1-3H3,(H,28,31);4-6,9-10,16-18,21,23H,7-8,11-14H2,1-3H3,(H,22,24);2-4H,5H2,1H3/t22-,23+;17-,18+;/m00./s1. The molecule has 0 unspecified atom stereocenters. The van der Waals surface area contributed by atoms with E-state index in [4.69, 9.17) is 38.1 Å². The van der Waals surface area contributed by atoms with E-state index in [0.717, 1.165) is 52.8 Å². The number of benzene rings is 4. The number of sulfonamides is 1. The number of nitrogens with zero attached hydrogens (tertiary/aromatic N) is 1. The van der Waals surface area contributed by atoms with Crippen molar-refractivity contribution in [1.29, 1.82) is 0 Å². The lowest BCUT2D eigenvalue weighted by molar-refractivity contribution is -0.145. The molecule has 2 aliphatic heterocycles. The summed E-state index contributed by atoms with van der Waals surface area (Å²) in [6.07, 6.45) is 5.09. The fourth-order valence-electron chi connectivity index (χ4n) is 8.42. The number of aliphatic hydroxyl groups excluding tert-OH is 2. The molecule has 0 radical (unpaired) electrons. The van der Waals surface area contributed by atoms with Crippen LogP contribution in [0.4, 0.5) is 9.59 Å².